The second-order valence-electron chi connectivity index (χ2n) is 5.49. The molecular formula is C16H24N2O. The van der Waals surface area contributed by atoms with E-state index < -0.39 is 0 Å². The lowest BCUT2D eigenvalue weighted by Gasteiger charge is -2.23. The van der Waals surface area contributed by atoms with Crippen LogP contribution in [0.1, 0.15) is 49.4 Å². The highest BCUT2D eigenvalue weighted by molar-refractivity contribution is 5.99. The van der Waals surface area contributed by atoms with Crippen LogP contribution in [0.15, 0.2) is 24.3 Å². The zero-order valence-corrected chi connectivity index (χ0v) is 11.9. The first-order valence-corrected chi connectivity index (χ1v) is 7.30. The van der Waals surface area contributed by atoms with Crippen LogP contribution in [-0.4, -0.2) is 19.0 Å². The van der Waals surface area contributed by atoms with Crippen LogP contribution < -0.4 is 10.6 Å². The van der Waals surface area contributed by atoms with Crippen molar-refractivity contribution in [1.29, 1.82) is 0 Å². The molecule has 0 spiro atoms. The molecule has 0 aromatic heterocycles. The van der Waals surface area contributed by atoms with Gasteiger partial charge in [-0.05, 0) is 30.9 Å². The third-order valence-corrected chi connectivity index (χ3v) is 4.12. The van der Waals surface area contributed by atoms with Gasteiger partial charge in [-0.15, -0.1) is 0 Å². The Labute approximate surface area is 115 Å². The van der Waals surface area contributed by atoms with Crippen molar-refractivity contribution in [3.8, 4) is 0 Å². The Morgan fingerprint density at radius 1 is 1.16 bits per heavy atom. The first-order chi connectivity index (χ1) is 9.22. The fourth-order valence-electron chi connectivity index (χ4n) is 2.85. The highest BCUT2D eigenvalue weighted by Crippen LogP contribution is 2.24. The molecule has 2 N–H and O–H groups in total. The zero-order chi connectivity index (χ0) is 13.7. The molecule has 3 heteroatoms. The van der Waals surface area contributed by atoms with Gasteiger partial charge in [-0.1, -0.05) is 38.3 Å². The first-order valence-electron chi connectivity index (χ1n) is 7.30. The molecule has 1 amide bonds. The molecule has 104 valence electrons. The number of hydrogen-bond donors (Lipinski definition) is 2. The van der Waals surface area contributed by atoms with Gasteiger partial charge in [0.25, 0.3) is 5.91 Å². The fraction of sp³-hybridized carbons (Fsp3) is 0.562. The van der Waals surface area contributed by atoms with Crippen molar-refractivity contribution >= 4 is 11.6 Å². The van der Waals surface area contributed by atoms with E-state index in [0.29, 0.717) is 12.0 Å². The molecule has 1 aliphatic rings. The summed E-state index contributed by atoms with van der Waals surface area (Å²) in [6, 6.07) is 7.98. The highest BCUT2D eigenvalue weighted by atomic mass is 16.1. The second-order valence-corrected chi connectivity index (χ2v) is 5.49. The monoisotopic (exact) mass is 260 g/mol. The number of carbonyl (C=O) groups is 1. The summed E-state index contributed by atoms with van der Waals surface area (Å²) in [5.41, 5.74) is 1.63. The van der Waals surface area contributed by atoms with E-state index in [2.05, 4.69) is 17.6 Å². The normalized spacial score (nSPS) is 23.5. The molecule has 1 aromatic carbocycles. The van der Waals surface area contributed by atoms with Crippen molar-refractivity contribution in [2.75, 3.05) is 12.4 Å². The van der Waals surface area contributed by atoms with E-state index in [1.165, 1.54) is 25.7 Å². The maximum atomic E-state index is 12.4. The van der Waals surface area contributed by atoms with Crippen LogP contribution in [0, 0.1) is 5.92 Å². The van der Waals surface area contributed by atoms with Crippen LogP contribution in [0.3, 0.4) is 0 Å². The third-order valence-electron chi connectivity index (χ3n) is 4.12. The van der Waals surface area contributed by atoms with E-state index in [4.69, 9.17) is 0 Å². The van der Waals surface area contributed by atoms with E-state index in [9.17, 15) is 4.79 Å². The van der Waals surface area contributed by atoms with Crippen molar-refractivity contribution in [3.05, 3.63) is 29.8 Å². The Morgan fingerprint density at radius 3 is 2.68 bits per heavy atom. The van der Waals surface area contributed by atoms with Crippen molar-refractivity contribution in [1.82, 2.24) is 5.32 Å². The molecule has 1 fully saturated rings. The van der Waals surface area contributed by atoms with E-state index >= 15 is 0 Å². The molecule has 1 aliphatic carbocycles. The summed E-state index contributed by atoms with van der Waals surface area (Å²) in [7, 11) is 1.85. The molecule has 2 atom stereocenters. The summed E-state index contributed by atoms with van der Waals surface area (Å²) < 4.78 is 0. The maximum absolute atomic E-state index is 12.4. The lowest BCUT2D eigenvalue weighted by atomic mass is 9.96. The van der Waals surface area contributed by atoms with Crippen LogP contribution in [0.5, 0.6) is 0 Å². The van der Waals surface area contributed by atoms with E-state index in [1.54, 1.807) is 0 Å². The lowest BCUT2D eigenvalue weighted by Crippen LogP contribution is -2.39. The standard InChI is InChI=1S/C16H24N2O/c1-12-8-4-3-5-10-14(12)18-16(19)13-9-6-7-11-15(13)17-2/h6-7,9,11-12,14,17H,3-5,8,10H2,1-2H3,(H,18,19). The van der Waals surface area contributed by atoms with Crippen LogP contribution in [0.4, 0.5) is 5.69 Å². The highest BCUT2D eigenvalue weighted by Gasteiger charge is 2.22. The van der Waals surface area contributed by atoms with Crippen LogP contribution in [0.2, 0.25) is 0 Å². The SMILES string of the molecule is CNc1ccccc1C(=O)NC1CCCCCC1C. The molecule has 0 saturated heterocycles. The summed E-state index contributed by atoms with van der Waals surface area (Å²) >= 11 is 0. The molecule has 0 aliphatic heterocycles. The van der Waals surface area contributed by atoms with Gasteiger partial charge in [0.1, 0.15) is 0 Å². The minimum Gasteiger partial charge on any atom is -0.387 e. The van der Waals surface area contributed by atoms with Crippen molar-refractivity contribution < 1.29 is 4.79 Å². The lowest BCUT2D eigenvalue weighted by molar-refractivity contribution is 0.0922. The Morgan fingerprint density at radius 2 is 1.89 bits per heavy atom. The Kier molecular flexibility index (Phi) is 4.83. The number of nitrogens with one attached hydrogen (secondary N) is 2. The zero-order valence-electron chi connectivity index (χ0n) is 11.9. The summed E-state index contributed by atoms with van der Waals surface area (Å²) in [5.74, 6) is 0.622. The second kappa shape index (κ2) is 6.60. The van der Waals surface area contributed by atoms with Crippen LogP contribution >= 0.6 is 0 Å². The largest absolute Gasteiger partial charge is 0.387 e. The summed E-state index contributed by atoms with van der Waals surface area (Å²) in [6.45, 7) is 2.25. The number of carbonyl (C=O) groups excluding carboxylic acids is 1. The predicted octanol–water partition coefficient (Wildman–Crippen LogP) is 3.43. The van der Waals surface area contributed by atoms with Gasteiger partial charge in [-0.25, -0.2) is 0 Å². The van der Waals surface area contributed by atoms with Gasteiger partial charge < -0.3 is 10.6 Å². The topological polar surface area (TPSA) is 41.1 Å². The van der Waals surface area contributed by atoms with Gasteiger partial charge >= 0.3 is 0 Å². The Hall–Kier alpha value is -1.51. The summed E-state index contributed by atoms with van der Waals surface area (Å²) in [6.07, 6.45) is 6.14. The number of hydrogen-bond acceptors (Lipinski definition) is 2. The van der Waals surface area contributed by atoms with Crippen LogP contribution in [0.25, 0.3) is 0 Å². The van der Waals surface area contributed by atoms with Gasteiger partial charge in [-0.3, -0.25) is 4.79 Å². The molecule has 0 heterocycles. The van der Waals surface area contributed by atoms with Crippen molar-refractivity contribution in [3.63, 3.8) is 0 Å². The maximum Gasteiger partial charge on any atom is 0.253 e. The average Bonchev–Trinajstić information content (AvgIpc) is 2.64. The van der Waals surface area contributed by atoms with Crippen molar-refractivity contribution in [2.45, 2.75) is 45.1 Å². The average molecular weight is 260 g/mol. The van der Waals surface area contributed by atoms with Gasteiger partial charge in [0, 0.05) is 18.8 Å². The number of rotatable bonds is 3. The number of amides is 1. The Balaban J connectivity index is 2.07. The summed E-state index contributed by atoms with van der Waals surface area (Å²) in [4.78, 5) is 12.4. The minimum atomic E-state index is 0.0451. The fourth-order valence-corrected chi connectivity index (χ4v) is 2.85. The molecule has 2 unspecified atom stereocenters. The number of benzene rings is 1. The molecule has 3 nitrogen and oxygen atoms in total. The third kappa shape index (κ3) is 3.49. The van der Waals surface area contributed by atoms with Gasteiger partial charge in [0.15, 0.2) is 0 Å². The smallest absolute Gasteiger partial charge is 0.253 e. The Bertz CT molecular complexity index is 431. The van der Waals surface area contributed by atoms with E-state index in [0.717, 1.165) is 17.7 Å². The molecule has 2 rings (SSSR count). The van der Waals surface area contributed by atoms with Gasteiger partial charge in [0.05, 0.1) is 5.56 Å². The van der Waals surface area contributed by atoms with Crippen molar-refractivity contribution in [2.24, 2.45) is 5.92 Å². The first kappa shape index (κ1) is 13.9. The molecular weight excluding hydrogens is 236 g/mol. The van der Waals surface area contributed by atoms with E-state index in [-0.39, 0.29) is 5.91 Å². The molecule has 19 heavy (non-hydrogen) atoms. The van der Waals surface area contributed by atoms with E-state index in [1.807, 2.05) is 31.3 Å². The minimum absolute atomic E-state index is 0.0451. The molecule has 0 radical (unpaired) electrons. The quantitative estimate of drug-likeness (QED) is 0.818. The predicted molar refractivity (Wildman–Crippen MR) is 79.5 cm³/mol. The molecule has 0 bridgehead atoms. The number of para-hydroxylation sites is 1. The molecule has 1 aromatic rings. The summed E-state index contributed by atoms with van der Waals surface area (Å²) in [5, 5.41) is 6.30. The van der Waals surface area contributed by atoms with Gasteiger partial charge in [-0.2, -0.15) is 0 Å². The van der Waals surface area contributed by atoms with Crippen LogP contribution in [-0.2, 0) is 0 Å². The number of anilines is 1. The van der Waals surface area contributed by atoms with Gasteiger partial charge in [0.2, 0.25) is 0 Å². The molecule has 1 saturated carbocycles.